The van der Waals surface area contributed by atoms with Crippen LogP contribution < -0.4 is 4.74 Å². The summed E-state index contributed by atoms with van der Waals surface area (Å²) in [5.74, 6) is 1.69. The summed E-state index contributed by atoms with van der Waals surface area (Å²) in [6, 6.07) is 18.0. The summed E-state index contributed by atoms with van der Waals surface area (Å²) in [6.07, 6.45) is 7.76. The van der Waals surface area contributed by atoms with Crippen LogP contribution in [0.2, 0.25) is 0 Å². The van der Waals surface area contributed by atoms with Crippen LogP contribution in [0.4, 0.5) is 0 Å². The Morgan fingerprint density at radius 3 is 2.45 bits per heavy atom. The Kier molecular flexibility index (Phi) is 4.35. The van der Waals surface area contributed by atoms with Crippen LogP contribution in [-0.2, 0) is 6.54 Å². The molecule has 3 rings (SSSR count). The van der Waals surface area contributed by atoms with Crippen molar-refractivity contribution < 1.29 is 4.74 Å². The van der Waals surface area contributed by atoms with Crippen LogP contribution in [-0.4, -0.2) is 9.55 Å². The van der Waals surface area contributed by atoms with E-state index in [-0.39, 0.29) is 0 Å². The SMILES string of the molecule is CC(=CCn1ccnc1)c1ccc(Oc2ccccc2)cc1. The molecule has 0 aliphatic carbocycles. The van der Waals surface area contributed by atoms with Crippen LogP contribution in [0.5, 0.6) is 11.5 Å². The highest BCUT2D eigenvalue weighted by Gasteiger charge is 1.99. The first-order chi connectivity index (χ1) is 10.8. The summed E-state index contributed by atoms with van der Waals surface area (Å²) in [4.78, 5) is 4.04. The standard InChI is InChI=1S/C19H18N2O/c1-16(11-13-21-14-12-20-15-21)17-7-9-19(10-8-17)22-18-5-3-2-4-6-18/h2-12,14-15H,13H2,1H3. The molecule has 0 saturated heterocycles. The third-order valence-corrected chi connectivity index (χ3v) is 3.46. The lowest BCUT2D eigenvalue weighted by Gasteiger charge is -2.07. The Balaban J connectivity index is 1.67. The van der Waals surface area contributed by atoms with Crippen molar-refractivity contribution in [2.75, 3.05) is 0 Å². The molecule has 0 aliphatic heterocycles. The summed E-state index contributed by atoms with van der Waals surface area (Å²) < 4.78 is 7.84. The van der Waals surface area contributed by atoms with Crippen molar-refractivity contribution in [1.29, 1.82) is 0 Å². The molecule has 0 atom stereocenters. The monoisotopic (exact) mass is 290 g/mol. The summed E-state index contributed by atoms with van der Waals surface area (Å²) in [7, 11) is 0. The van der Waals surface area contributed by atoms with Gasteiger partial charge in [-0.1, -0.05) is 36.4 Å². The average Bonchev–Trinajstić information content (AvgIpc) is 3.08. The number of aromatic nitrogens is 2. The van der Waals surface area contributed by atoms with Gasteiger partial charge in [-0.15, -0.1) is 0 Å². The highest BCUT2D eigenvalue weighted by Crippen LogP contribution is 2.23. The van der Waals surface area contributed by atoms with E-state index in [1.165, 1.54) is 11.1 Å². The van der Waals surface area contributed by atoms with Gasteiger partial charge < -0.3 is 9.30 Å². The molecule has 0 spiro atoms. The Morgan fingerprint density at radius 2 is 1.77 bits per heavy atom. The molecule has 3 aromatic rings. The van der Waals surface area contributed by atoms with Crippen LogP contribution in [0, 0.1) is 0 Å². The number of nitrogens with zero attached hydrogens (tertiary/aromatic N) is 2. The van der Waals surface area contributed by atoms with Gasteiger partial charge in [0.1, 0.15) is 11.5 Å². The number of rotatable bonds is 5. The lowest BCUT2D eigenvalue weighted by molar-refractivity contribution is 0.482. The quantitative estimate of drug-likeness (QED) is 0.676. The van der Waals surface area contributed by atoms with E-state index in [1.54, 1.807) is 6.20 Å². The Labute approximate surface area is 130 Å². The summed E-state index contributed by atoms with van der Waals surface area (Å²) in [5.41, 5.74) is 2.43. The zero-order chi connectivity index (χ0) is 15.2. The van der Waals surface area contributed by atoms with Crippen LogP contribution in [0.25, 0.3) is 5.57 Å². The Morgan fingerprint density at radius 1 is 1.05 bits per heavy atom. The number of hydrogen-bond acceptors (Lipinski definition) is 2. The predicted molar refractivity (Wildman–Crippen MR) is 88.8 cm³/mol. The maximum absolute atomic E-state index is 5.80. The van der Waals surface area contributed by atoms with Crippen LogP contribution >= 0.6 is 0 Å². The van der Waals surface area contributed by atoms with Crippen molar-refractivity contribution in [2.24, 2.45) is 0 Å². The molecule has 0 aliphatic rings. The van der Waals surface area contributed by atoms with Gasteiger partial charge >= 0.3 is 0 Å². The number of para-hydroxylation sites is 1. The van der Waals surface area contributed by atoms with E-state index in [9.17, 15) is 0 Å². The lowest BCUT2D eigenvalue weighted by Crippen LogP contribution is -1.91. The molecule has 1 aromatic heterocycles. The van der Waals surface area contributed by atoms with E-state index < -0.39 is 0 Å². The van der Waals surface area contributed by atoms with Gasteiger partial charge in [0, 0.05) is 18.9 Å². The maximum atomic E-state index is 5.80. The third-order valence-electron chi connectivity index (χ3n) is 3.46. The molecule has 0 unspecified atom stereocenters. The van der Waals surface area contributed by atoms with Gasteiger partial charge in [-0.25, -0.2) is 4.98 Å². The molecule has 0 radical (unpaired) electrons. The fraction of sp³-hybridized carbons (Fsp3) is 0.105. The second-order valence-corrected chi connectivity index (χ2v) is 5.09. The molecule has 3 heteroatoms. The average molecular weight is 290 g/mol. The smallest absolute Gasteiger partial charge is 0.127 e. The van der Waals surface area contributed by atoms with Crippen molar-refractivity contribution in [1.82, 2.24) is 9.55 Å². The minimum absolute atomic E-state index is 0.827. The highest BCUT2D eigenvalue weighted by molar-refractivity contribution is 5.64. The zero-order valence-corrected chi connectivity index (χ0v) is 12.5. The van der Waals surface area contributed by atoms with Gasteiger partial charge in [-0.3, -0.25) is 0 Å². The first-order valence-electron chi connectivity index (χ1n) is 7.27. The fourth-order valence-electron chi connectivity index (χ4n) is 2.17. The van der Waals surface area contributed by atoms with E-state index in [0.717, 1.165) is 18.0 Å². The summed E-state index contributed by atoms with van der Waals surface area (Å²) in [6.45, 7) is 2.94. The van der Waals surface area contributed by atoms with E-state index in [0.29, 0.717) is 0 Å². The minimum atomic E-state index is 0.827. The van der Waals surface area contributed by atoms with Crippen LogP contribution in [0.15, 0.2) is 79.4 Å². The summed E-state index contributed by atoms with van der Waals surface area (Å²) >= 11 is 0. The number of ether oxygens (including phenoxy) is 1. The van der Waals surface area contributed by atoms with Crippen LogP contribution in [0.1, 0.15) is 12.5 Å². The molecular weight excluding hydrogens is 272 g/mol. The molecule has 22 heavy (non-hydrogen) atoms. The van der Waals surface area contributed by atoms with E-state index in [4.69, 9.17) is 4.74 Å². The van der Waals surface area contributed by atoms with Gasteiger partial charge in [0.25, 0.3) is 0 Å². The normalized spacial score (nSPS) is 11.4. The Hall–Kier alpha value is -2.81. The van der Waals surface area contributed by atoms with Gasteiger partial charge in [0.05, 0.1) is 6.33 Å². The van der Waals surface area contributed by atoms with Crippen LogP contribution in [0.3, 0.4) is 0 Å². The molecule has 1 heterocycles. The molecule has 0 fully saturated rings. The predicted octanol–water partition coefficient (Wildman–Crippen LogP) is 4.78. The van der Waals surface area contributed by atoms with Gasteiger partial charge in [0.2, 0.25) is 0 Å². The van der Waals surface area contributed by atoms with Gasteiger partial charge in [0.15, 0.2) is 0 Å². The highest BCUT2D eigenvalue weighted by atomic mass is 16.5. The number of allylic oxidation sites excluding steroid dienone is 2. The summed E-state index contributed by atoms with van der Waals surface area (Å²) in [5, 5.41) is 0. The molecule has 0 bridgehead atoms. The van der Waals surface area contributed by atoms with Crippen molar-refractivity contribution in [3.63, 3.8) is 0 Å². The largest absolute Gasteiger partial charge is 0.457 e. The minimum Gasteiger partial charge on any atom is -0.457 e. The van der Waals surface area contributed by atoms with E-state index in [1.807, 2.05) is 59.6 Å². The molecule has 110 valence electrons. The van der Waals surface area contributed by atoms with E-state index >= 15 is 0 Å². The van der Waals surface area contributed by atoms with Crippen molar-refractivity contribution in [3.8, 4) is 11.5 Å². The fourth-order valence-corrected chi connectivity index (χ4v) is 2.17. The van der Waals surface area contributed by atoms with E-state index in [2.05, 4.69) is 30.1 Å². The second-order valence-electron chi connectivity index (χ2n) is 5.09. The first-order valence-corrected chi connectivity index (χ1v) is 7.27. The molecule has 2 aromatic carbocycles. The van der Waals surface area contributed by atoms with Crippen molar-refractivity contribution >= 4 is 5.57 Å². The molecule has 0 N–H and O–H groups in total. The van der Waals surface area contributed by atoms with Gasteiger partial charge in [-0.2, -0.15) is 0 Å². The third kappa shape index (κ3) is 3.64. The lowest BCUT2D eigenvalue weighted by atomic mass is 10.1. The number of imidazole rings is 1. The van der Waals surface area contributed by atoms with Crippen molar-refractivity contribution in [3.05, 3.63) is 85.0 Å². The van der Waals surface area contributed by atoms with Gasteiger partial charge in [-0.05, 0) is 42.3 Å². The second kappa shape index (κ2) is 6.76. The van der Waals surface area contributed by atoms with Crippen molar-refractivity contribution in [2.45, 2.75) is 13.5 Å². The molecular formula is C19H18N2O. The molecule has 0 amide bonds. The first kappa shape index (κ1) is 14.1. The molecule has 3 nitrogen and oxygen atoms in total. The zero-order valence-electron chi connectivity index (χ0n) is 12.5. The maximum Gasteiger partial charge on any atom is 0.127 e. The number of benzene rings is 2. The Bertz CT molecular complexity index is 729. The topological polar surface area (TPSA) is 27.1 Å². The number of hydrogen-bond donors (Lipinski definition) is 0. The molecule has 0 saturated carbocycles.